The quantitative estimate of drug-likeness (QED) is 0.769. The van der Waals surface area contributed by atoms with Gasteiger partial charge in [-0.25, -0.2) is 4.79 Å². The van der Waals surface area contributed by atoms with Crippen molar-refractivity contribution in [3.8, 4) is 5.75 Å². The minimum atomic E-state index is -0.510. The molecular weight excluding hydrogens is 220 g/mol. The highest BCUT2D eigenvalue weighted by molar-refractivity contribution is 5.85. The lowest BCUT2D eigenvalue weighted by Crippen LogP contribution is -2.26. The summed E-state index contributed by atoms with van der Waals surface area (Å²) in [5.41, 5.74) is -0.515. The second-order valence-electron chi connectivity index (χ2n) is 2.75. The zero-order chi connectivity index (χ0) is 10.1. The van der Waals surface area contributed by atoms with Crippen LogP contribution in [0.25, 0.3) is 5.52 Å². The Bertz CT molecular complexity index is 588. The second-order valence-corrected chi connectivity index (χ2v) is 2.75. The molecule has 0 aromatic carbocycles. The molecule has 80 valence electrons. The third-order valence-corrected chi connectivity index (χ3v) is 1.94. The Hall–Kier alpha value is -1.75. The lowest BCUT2D eigenvalue weighted by atomic mass is 10.3. The fourth-order valence-corrected chi connectivity index (χ4v) is 1.33. The van der Waals surface area contributed by atoms with Crippen molar-refractivity contribution in [3.63, 3.8) is 0 Å². The highest BCUT2D eigenvalue weighted by atomic mass is 35.5. The molecule has 0 aliphatic carbocycles. The number of pyridine rings is 1. The molecule has 2 aromatic heterocycles. The molecule has 6 heteroatoms. The summed E-state index contributed by atoms with van der Waals surface area (Å²) >= 11 is 0. The highest BCUT2D eigenvalue weighted by Gasteiger charge is 2.06. The Morgan fingerprint density at radius 2 is 2.07 bits per heavy atom. The molecule has 0 saturated carbocycles. The molecule has 0 fully saturated rings. The lowest BCUT2D eigenvalue weighted by Gasteiger charge is -2.03. The van der Waals surface area contributed by atoms with Gasteiger partial charge in [-0.2, -0.15) is 0 Å². The summed E-state index contributed by atoms with van der Waals surface area (Å²) in [5, 5.41) is 0. The summed E-state index contributed by atoms with van der Waals surface area (Å²) in [6, 6.07) is 5.08. The monoisotopic (exact) mass is 228 g/mol. The van der Waals surface area contributed by atoms with Gasteiger partial charge in [0.2, 0.25) is 5.75 Å². The van der Waals surface area contributed by atoms with Gasteiger partial charge < -0.3 is 4.74 Å². The van der Waals surface area contributed by atoms with Gasteiger partial charge in [0.15, 0.2) is 0 Å². The molecule has 0 unspecified atom stereocenters. The molecule has 1 N–H and O–H groups in total. The third-order valence-electron chi connectivity index (χ3n) is 1.94. The maximum Gasteiger partial charge on any atom is 0.333 e. The average molecular weight is 229 g/mol. The maximum absolute atomic E-state index is 11.3. The number of hydrogen-bond acceptors (Lipinski definition) is 3. The summed E-state index contributed by atoms with van der Waals surface area (Å²) in [7, 11) is 1.39. The first kappa shape index (κ1) is 11.3. The number of ether oxygens (including phenoxy) is 1. The Balaban J connectivity index is 0.00000112. The van der Waals surface area contributed by atoms with Gasteiger partial charge in [-0.1, -0.05) is 6.07 Å². The van der Waals surface area contributed by atoms with Crippen molar-refractivity contribution in [2.24, 2.45) is 0 Å². The van der Waals surface area contributed by atoms with E-state index < -0.39 is 11.2 Å². The molecule has 15 heavy (non-hydrogen) atoms. The van der Waals surface area contributed by atoms with E-state index in [0.717, 1.165) is 0 Å². The number of aromatic nitrogens is 2. The molecule has 5 nitrogen and oxygen atoms in total. The fraction of sp³-hybridized carbons (Fsp3) is 0.111. The molecule has 0 spiro atoms. The second kappa shape index (κ2) is 4.18. The van der Waals surface area contributed by atoms with Crippen LogP contribution in [0.1, 0.15) is 0 Å². The molecule has 2 aromatic rings. The van der Waals surface area contributed by atoms with Crippen LogP contribution < -0.4 is 16.0 Å². The van der Waals surface area contributed by atoms with Gasteiger partial charge in [-0.15, -0.1) is 12.4 Å². The molecule has 2 heterocycles. The van der Waals surface area contributed by atoms with Gasteiger partial charge in [0, 0.05) is 6.20 Å². The van der Waals surface area contributed by atoms with Gasteiger partial charge in [-0.05, 0) is 12.1 Å². The normalized spacial score (nSPS) is 9.67. The Labute approximate surface area is 90.7 Å². The van der Waals surface area contributed by atoms with E-state index in [1.807, 2.05) is 0 Å². The minimum Gasteiger partial charge on any atom is -0.490 e. The zero-order valence-electron chi connectivity index (χ0n) is 7.89. The molecule has 0 saturated heterocycles. The standard InChI is InChI=1S/C9H8N2O3.ClH/c1-14-7-6-4-2-3-5-11(6)9(13)10-8(7)12;/h2-5H,1H3,(H,10,12,13);1H. The number of methoxy groups -OCH3 is 1. The van der Waals surface area contributed by atoms with Crippen LogP contribution in [0.5, 0.6) is 5.75 Å². The number of halogens is 1. The van der Waals surface area contributed by atoms with Crippen LogP contribution in [0.15, 0.2) is 34.0 Å². The van der Waals surface area contributed by atoms with Crippen molar-refractivity contribution >= 4 is 17.9 Å². The van der Waals surface area contributed by atoms with E-state index in [2.05, 4.69) is 4.98 Å². The lowest BCUT2D eigenvalue weighted by molar-refractivity contribution is 0.410. The smallest absolute Gasteiger partial charge is 0.333 e. The van der Waals surface area contributed by atoms with Crippen molar-refractivity contribution in [1.82, 2.24) is 9.38 Å². The summed E-state index contributed by atoms with van der Waals surface area (Å²) < 4.78 is 6.23. The molecule has 0 atom stereocenters. The van der Waals surface area contributed by atoms with E-state index in [0.29, 0.717) is 5.52 Å². The Kier molecular flexibility index (Phi) is 3.16. The van der Waals surface area contributed by atoms with Gasteiger partial charge in [0.05, 0.1) is 12.6 Å². The topological polar surface area (TPSA) is 63.6 Å². The first-order chi connectivity index (χ1) is 6.74. The number of fused-ring (bicyclic) bond motifs is 1. The van der Waals surface area contributed by atoms with Crippen LogP contribution in [-0.4, -0.2) is 16.5 Å². The zero-order valence-corrected chi connectivity index (χ0v) is 8.71. The van der Waals surface area contributed by atoms with Crippen LogP contribution in [0, 0.1) is 0 Å². The van der Waals surface area contributed by atoms with E-state index >= 15 is 0 Å². The average Bonchev–Trinajstić information content (AvgIpc) is 2.18. The predicted octanol–water partition coefficient (Wildman–Crippen LogP) is 0.418. The van der Waals surface area contributed by atoms with Crippen molar-refractivity contribution < 1.29 is 4.74 Å². The fourth-order valence-electron chi connectivity index (χ4n) is 1.33. The number of H-pyrrole nitrogens is 1. The molecule has 2 rings (SSSR count). The van der Waals surface area contributed by atoms with Crippen LogP contribution in [-0.2, 0) is 0 Å². The summed E-state index contributed by atoms with van der Waals surface area (Å²) in [6.07, 6.45) is 1.57. The highest BCUT2D eigenvalue weighted by Crippen LogP contribution is 2.10. The number of nitrogens with one attached hydrogen (secondary N) is 1. The van der Waals surface area contributed by atoms with Crippen LogP contribution in [0.3, 0.4) is 0 Å². The number of rotatable bonds is 1. The van der Waals surface area contributed by atoms with Crippen molar-refractivity contribution in [2.75, 3.05) is 7.11 Å². The van der Waals surface area contributed by atoms with Crippen LogP contribution >= 0.6 is 12.4 Å². The van der Waals surface area contributed by atoms with Crippen molar-refractivity contribution in [2.45, 2.75) is 0 Å². The van der Waals surface area contributed by atoms with E-state index in [1.165, 1.54) is 11.5 Å². The SMILES string of the molecule is COc1c(=O)[nH]c(=O)n2ccccc12.Cl. The first-order valence-corrected chi connectivity index (χ1v) is 4.01. The summed E-state index contributed by atoms with van der Waals surface area (Å²) in [5.74, 6) is 0.144. The number of nitrogens with zero attached hydrogens (tertiary/aromatic N) is 1. The summed E-state index contributed by atoms with van der Waals surface area (Å²) in [4.78, 5) is 24.8. The predicted molar refractivity (Wildman–Crippen MR) is 58.1 cm³/mol. The molecule has 0 aliphatic heterocycles. The van der Waals surface area contributed by atoms with Crippen LogP contribution in [0.2, 0.25) is 0 Å². The number of aromatic amines is 1. The van der Waals surface area contributed by atoms with E-state index in [4.69, 9.17) is 4.74 Å². The molecule has 0 amide bonds. The van der Waals surface area contributed by atoms with E-state index in [1.54, 1.807) is 24.4 Å². The van der Waals surface area contributed by atoms with Crippen LogP contribution in [0.4, 0.5) is 0 Å². The van der Waals surface area contributed by atoms with Crippen molar-refractivity contribution in [3.05, 3.63) is 45.2 Å². The third kappa shape index (κ3) is 1.73. The summed E-state index contributed by atoms with van der Waals surface area (Å²) in [6.45, 7) is 0. The van der Waals surface area contributed by atoms with E-state index in [9.17, 15) is 9.59 Å². The maximum atomic E-state index is 11.3. The molecule has 0 bridgehead atoms. The first-order valence-electron chi connectivity index (χ1n) is 4.01. The largest absolute Gasteiger partial charge is 0.490 e. The van der Waals surface area contributed by atoms with E-state index in [-0.39, 0.29) is 18.2 Å². The Morgan fingerprint density at radius 3 is 2.73 bits per heavy atom. The van der Waals surface area contributed by atoms with Gasteiger partial charge in [0.1, 0.15) is 0 Å². The van der Waals surface area contributed by atoms with Crippen molar-refractivity contribution in [1.29, 1.82) is 0 Å². The molecule has 0 aliphatic rings. The minimum absolute atomic E-state index is 0. The van der Waals surface area contributed by atoms with Gasteiger partial charge >= 0.3 is 5.69 Å². The molecule has 0 radical (unpaired) electrons. The Morgan fingerprint density at radius 1 is 1.33 bits per heavy atom. The van der Waals surface area contributed by atoms with Gasteiger partial charge in [0.25, 0.3) is 5.56 Å². The number of hydrogen-bond donors (Lipinski definition) is 1. The molecular formula is C9H9ClN2O3. The van der Waals surface area contributed by atoms with Gasteiger partial charge in [-0.3, -0.25) is 14.2 Å².